The summed E-state index contributed by atoms with van der Waals surface area (Å²) in [5.74, 6) is 0.568. The minimum absolute atomic E-state index is 0.367. The van der Waals surface area contributed by atoms with Gasteiger partial charge in [0.25, 0.3) is 0 Å². The number of hydrogen-bond acceptors (Lipinski definition) is 3. The summed E-state index contributed by atoms with van der Waals surface area (Å²) in [5, 5.41) is 0. The molecule has 2 heterocycles. The Balaban J connectivity index is 1.50. The molecule has 4 rings (SSSR count). The van der Waals surface area contributed by atoms with Gasteiger partial charge in [-0.2, -0.15) is 0 Å². The van der Waals surface area contributed by atoms with E-state index < -0.39 is 5.79 Å². The Labute approximate surface area is 128 Å². The highest BCUT2D eigenvalue weighted by Crippen LogP contribution is 2.42. The number of benzene rings is 1. The summed E-state index contributed by atoms with van der Waals surface area (Å²) in [4.78, 5) is 2.95. The molecule has 1 aromatic carbocycles. The van der Waals surface area contributed by atoms with Crippen LogP contribution in [0.4, 0.5) is 0 Å². The molecule has 0 N–H and O–H groups in total. The van der Waals surface area contributed by atoms with E-state index in [1.807, 2.05) is 12.1 Å². The first-order chi connectivity index (χ1) is 9.76. The van der Waals surface area contributed by atoms with Crippen molar-refractivity contribution in [2.45, 2.75) is 55.5 Å². The first-order valence-corrected chi connectivity index (χ1v) is 8.48. The van der Waals surface area contributed by atoms with Crippen LogP contribution in [0.25, 0.3) is 0 Å². The van der Waals surface area contributed by atoms with Crippen LogP contribution in [0.5, 0.6) is 5.75 Å². The van der Waals surface area contributed by atoms with Crippen LogP contribution in [-0.2, 0) is 11.3 Å². The van der Waals surface area contributed by atoms with Gasteiger partial charge in [0.15, 0.2) is 0 Å². The Kier molecular flexibility index (Phi) is 3.28. The smallest absolute Gasteiger partial charge is 0.214 e. The lowest BCUT2D eigenvalue weighted by Crippen LogP contribution is -2.57. The third kappa shape index (κ3) is 2.18. The zero-order valence-electron chi connectivity index (χ0n) is 11.6. The molecule has 108 valence electrons. The van der Waals surface area contributed by atoms with Crippen molar-refractivity contribution in [1.29, 1.82) is 0 Å². The van der Waals surface area contributed by atoms with Crippen LogP contribution in [0.2, 0.25) is 0 Å². The van der Waals surface area contributed by atoms with Crippen molar-refractivity contribution < 1.29 is 9.47 Å². The number of ether oxygens (including phenoxy) is 2. The number of hydrogen-bond donors (Lipinski definition) is 0. The maximum atomic E-state index is 6.23. The van der Waals surface area contributed by atoms with E-state index >= 15 is 0 Å². The molecule has 4 heteroatoms. The summed E-state index contributed by atoms with van der Waals surface area (Å²) in [6.45, 7) is 1.72. The summed E-state index contributed by atoms with van der Waals surface area (Å²) in [7, 11) is 0. The lowest BCUT2D eigenvalue weighted by Gasteiger charge is -2.50. The normalized spacial score (nSPS) is 34.4. The molecule has 0 amide bonds. The van der Waals surface area contributed by atoms with Crippen molar-refractivity contribution in [3.8, 4) is 5.75 Å². The third-order valence-electron chi connectivity index (χ3n) is 4.89. The molecule has 1 aliphatic carbocycles. The third-order valence-corrected chi connectivity index (χ3v) is 5.74. The van der Waals surface area contributed by atoms with E-state index in [4.69, 9.17) is 9.47 Å². The van der Waals surface area contributed by atoms with Crippen LogP contribution in [0.1, 0.15) is 37.7 Å². The second kappa shape index (κ2) is 5.00. The molecular weight excluding hydrogens is 318 g/mol. The molecule has 1 saturated carbocycles. The predicted octanol–water partition coefficient (Wildman–Crippen LogP) is 3.66. The van der Waals surface area contributed by atoms with Crippen molar-refractivity contribution in [1.82, 2.24) is 4.90 Å². The monoisotopic (exact) mass is 337 g/mol. The van der Waals surface area contributed by atoms with E-state index in [1.54, 1.807) is 0 Å². The highest BCUT2D eigenvalue weighted by Gasteiger charge is 2.46. The summed E-state index contributed by atoms with van der Waals surface area (Å²) in [6, 6.07) is 8.98. The number of halogens is 1. The fourth-order valence-corrected chi connectivity index (χ4v) is 4.46. The van der Waals surface area contributed by atoms with E-state index in [9.17, 15) is 0 Å². The molecule has 3 nitrogen and oxygen atoms in total. The standard InChI is InChI=1S/C16H20BrNO2/c17-15-10-16(8-9-18(15)13-5-3-6-13)19-11-12-4-1-2-7-14(12)20-16/h1-2,4,7,13,15H,3,5-6,8-11H2. The van der Waals surface area contributed by atoms with Gasteiger partial charge in [-0.05, 0) is 18.9 Å². The molecule has 1 aromatic rings. The Bertz CT molecular complexity index is 505. The van der Waals surface area contributed by atoms with Gasteiger partial charge >= 0.3 is 0 Å². The molecular formula is C16H20BrNO2. The zero-order chi connectivity index (χ0) is 13.6. The number of para-hydroxylation sites is 1. The van der Waals surface area contributed by atoms with E-state index in [0.717, 1.165) is 36.7 Å². The van der Waals surface area contributed by atoms with Crippen molar-refractivity contribution in [2.75, 3.05) is 6.54 Å². The first-order valence-electron chi connectivity index (χ1n) is 7.56. The molecule has 0 aromatic heterocycles. The lowest BCUT2D eigenvalue weighted by atomic mass is 9.89. The van der Waals surface area contributed by atoms with Crippen molar-refractivity contribution in [3.05, 3.63) is 29.8 Å². The minimum Gasteiger partial charge on any atom is -0.462 e. The Morgan fingerprint density at radius 3 is 2.85 bits per heavy atom. The molecule has 2 aliphatic heterocycles. The van der Waals surface area contributed by atoms with Crippen molar-refractivity contribution in [3.63, 3.8) is 0 Å². The minimum atomic E-state index is -0.428. The van der Waals surface area contributed by atoms with Crippen LogP contribution >= 0.6 is 15.9 Å². The van der Waals surface area contributed by atoms with E-state index in [1.165, 1.54) is 19.3 Å². The van der Waals surface area contributed by atoms with Gasteiger partial charge in [0.2, 0.25) is 5.79 Å². The summed E-state index contributed by atoms with van der Waals surface area (Å²) >= 11 is 3.85. The molecule has 2 atom stereocenters. The second-order valence-corrected chi connectivity index (χ2v) is 7.18. The average molecular weight is 338 g/mol. The zero-order valence-corrected chi connectivity index (χ0v) is 13.1. The number of alkyl halides is 1. The maximum Gasteiger partial charge on any atom is 0.214 e. The molecule has 20 heavy (non-hydrogen) atoms. The topological polar surface area (TPSA) is 21.7 Å². The highest BCUT2D eigenvalue weighted by molar-refractivity contribution is 9.09. The van der Waals surface area contributed by atoms with Gasteiger partial charge in [0.1, 0.15) is 5.75 Å². The van der Waals surface area contributed by atoms with Crippen LogP contribution in [0.3, 0.4) is 0 Å². The average Bonchev–Trinajstić information content (AvgIpc) is 2.40. The number of rotatable bonds is 1. The molecule has 1 saturated heterocycles. The van der Waals surface area contributed by atoms with Gasteiger partial charge in [0, 0.05) is 31.0 Å². The van der Waals surface area contributed by atoms with E-state index in [-0.39, 0.29) is 0 Å². The van der Waals surface area contributed by atoms with E-state index in [2.05, 4.69) is 33.0 Å². The van der Waals surface area contributed by atoms with Crippen molar-refractivity contribution >= 4 is 15.9 Å². The summed E-state index contributed by atoms with van der Waals surface area (Å²) < 4.78 is 12.3. The second-order valence-electron chi connectivity index (χ2n) is 6.12. The number of fused-ring (bicyclic) bond motifs is 1. The van der Waals surface area contributed by atoms with Gasteiger partial charge in [-0.15, -0.1) is 0 Å². The fourth-order valence-electron chi connectivity index (χ4n) is 3.43. The molecule has 3 aliphatic rings. The van der Waals surface area contributed by atoms with Gasteiger partial charge in [-0.3, -0.25) is 4.90 Å². The first kappa shape index (κ1) is 13.1. The lowest BCUT2D eigenvalue weighted by molar-refractivity contribution is -0.233. The van der Waals surface area contributed by atoms with Crippen molar-refractivity contribution in [2.24, 2.45) is 0 Å². The van der Waals surface area contributed by atoms with Gasteiger partial charge in [0.05, 0.1) is 11.6 Å². The van der Waals surface area contributed by atoms with Crippen LogP contribution < -0.4 is 4.74 Å². The molecule has 2 unspecified atom stereocenters. The van der Waals surface area contributed by atoms with Gasteiger partial charge in [-0.25, -0.2) is 0 Å². The van der Waals surface area contributed by atoms with Crippen LogP contribution in [-0.4, -0.2) is 28.2 Å². The Hall–Kier alpha value is -0.580. The van der Waals surface area contributed by atoms with Gasteiger partial charge in [-0.1, -0.05) is 40.5 Å². The summed E-state index contributed by atoms with van der Waals surface area (Å²) in [5.41, 5.74) is 1.16. The number of likely N-dealkylation sites (tertiary alicyclic amines) is 1. The SMILES string of the molecule is BrC1CC2(CCN1C1CCC1)OCc1ccccc1O2. The molecule has 2 fully saturated rings. The van der Waals surface area contributed by atoms with Crippen LogP contribution in [0.15, 0.2) is 24.3 Å². The fraction of sp³-hybridized carbons (Fsp3) is 0.625. The largest absolute Gasteiger partial charge is 0.462 e. The predicted molar refractivity (Wildman–Crippen MR) is 80.9 cm³/mol. The summed E-state index contributed by atoms with van der Waals surface area (Å²) in [6.07, 6.45) is 5.93. The van der Waals surface area contributed by atoms with E-state index in [0.29, 0.717) is 11.6 Å². The molecule has 0 radical (unpaired) electrons. The van der Waals surface area contributed by atoms with Crippen LogP contribution in [0, 0.1) is 0 Å². The highest BCUT2D eigenvalue weighted by atomic mass is 79.9. The molecule has 0 bridgehead atoms. The maximum absolute atomic E-state index is 6.23. The molecule has 1 spiro atoms. The Morgan fingerprint density at radius 1 is 1.25 bits per heavy atom. The number of nitrogens with zero attached hydrogens (tertiary/aromatic N) is 1. The number of piperidine rings is 1. The van der Waals surface area contributed by atoms with Gasteiger partial charge < -0.3 is 9.47 Å². The quantitative estimate of drug-likeness (QED) is 0.576. The Morgan fingerprint density at radius 2 is 2.10 bits per heavy atom.